The van der Waals surface area contributed by atoms with Crippen LogP contribution in [0.15, 0.2) is 176 Å². The number of hydrogen-bond donors (Lipinski definition) is 0. The van der Waals surface area contributed by atoms with Gasteiger partial charge in [-0.25, -0.2) is 15.0 Å². The molecule has 0 amide bonds. The number of hydrogen-bond acceptors (Lipinski definition) is 3. The molecule has 3 heterocycles. The van der Waals surface area contributed by atoms with Crippen LogP contribution in [0.25, 0.3) is 89.2 Å². The van der Waals surface area contributed by atoms with E-state index in [4.69, 9.17) is 15.0 Å². The summed E-state index contributed by atoms with van der Waals surface area (Å²) in [5.41, 5.74) is 6.26. The van der Waals surface area contributed by atoms with E-state index in [9.17, 15) is 5.48 Å². The lowest BCUT2D eigenvalue weighted by Crippen LogP contribution is -2.00. The highest BCUT2D eigenvalue weighted by atomic mass is 15.0. The normalized spacial score (nSPS) is 12.7. The highest BCUT2D eigenvalue weighted by Crippen LogP contribution is 2.42. The van der Waals surface area contributed by atoms with Crippen molar-refractivity contribution in [2.75, 3.05) is 0 Å². The number of benzene rings is 7. The molecule has 0 aliphatic rings. The smallest absolute Gasteiger partial charge is 0.164 e. The molecule has 234 valence electrons. The van der Waals surface area contributed by atoms with E-state index in [1.165, 1.54) is 0 Å². The van der Waals surface area contributed by atoms with Crippen molar-refractivity contribution in [3.05, 3.63) is 176 Å². The fraction of sp³-hybridized carbons (Fsp3) is 0. The van der Waals surface area contributed by atoms with E-state index in [1.807, 2.05) is 120 Å². The highest BCUT2D eigenvalue weighted by molar-refractivity contribution is 6.26. The molecule has 0 bridgehead atoms. The number of nitrogens with zero attached hydrogens (tertiary/aromatic N) is 5. The molecule has 3 aromatic heterocycles. The largest absolute Gasteiger partial charge is 0.309 e. The van der Waals surface area contributed by atoms with Gasteiger partial charge in [0.2, 0.25) is 0 Å². The molecular formula is C45H29N5. The molecule has 0 spiro atoms. The molecule has 7 aromatic carbocycles. The molecular weight excluding hydrogens is 611 g/mol. The van der Waals surface area contributed by atoms with E-state index in [-0.39, 0.29) is 41.2 Å². The van der Waals surface area contributed by atoms with E-state index in [0.29, 0.717) is 11.6 Å². The Morgan fingerprint density at radius 2 is 0.860 bits per heavy atom. The molecule has 10 aromatic rings. The molecule has 5 heteroatoms. The maximum absolute atomic E-state index is 9.61. The molecule has 50 heavy (non-hydrogen) atoms. The molecule has 0 atom stereocenters. The Hall–Kier alpha value is -6.85. The Balaban J connectivity index is 1.29. The third-order valence-electron chi connectivity index (χ3n) is 9.24. The summed E-state index contributed by atoms with van der Waals surface area (Å²) in [4.78, 5) is 14.3. The van der Waals surface area contributed by atoms with Crippen molar-refractivity contribution >= 4 is 43.6 Å². The van der Waals surface area contributed by atoms with Crippen LogP contribution in [-0.2, 0) is 0 Å². The Bertz CT molecular complexity index is 3000. The van der Waals surface area contributed by atoms with Gasteiger partial charge < -0.3 is 9.13 Å². The molecule has 10 rings (SSSR count). The minimum Gasteiger partial charge on any atom is -0.309 e. The molecule has 0 unspecified atom stereocenters. The molecule has 0 N–H and O–H groups in total. The zero-order valence-electron chi connectivity index (χ0n) is 30.7. The lowest BCUT2D eigenvalue weighted by atomic mass is 10.1. The molecule has 0 aliphatic carbocycles. The number of para-hydroxylation sites is 3. The van der Waals surface area contributed by atoms with E-state index in [2.05, 4.69) is 41.0 Å². The minimum atomic E-state index is -0.236. The Morgan fingerprint density at radius 1 is 0.360 bits per heavy atom. The average molecular weight is 644 g/mol. The Kier molecular flexibility index (Phi) is 5.54. The first-order valence-corrected chi connectivity index (χ1v) is 16.5. The van der Waals surface area contributed by atoms with Crippen LogP contribution in [0.2, 0.25) is 0 Å². The fourth-order valence-corrected chi connectivity index (χ4v) is 7.05. The lowest BCUT2D eigenvalue weighted by Gasteiger charge is -2.11. The van der Waals surface area contributed by atoms with Crippen molar-refractivity contribution in [3.8, 4) is 45.5 Å². The van der Waals surface area contributed by atoms with E-state index in [0.717, 1.165) is 60.4 Å². The van der Waals surface area contributed by atoms with Crippen LogP contribution in [0.1, 0.15) is 5.48 Å². The van der Waals surface area contributed by atoms with Crippen LogP contribution in [-0.4, -0.2) is 24.1 Å². The molecule has 0 aliphatic heterocycles. The van der Waals surface area contributed by atoms with Gasteiger partial charge in [-0.1, -0.05) is 121 Å². The monoisotopic (exact) mass is 643 g/mol. The van der Waals surface area contributed by atoms with Gasteiger partial charge >= 0.3 is 0 Å². The number of fused-ring (bicyclic) bond motifs is 7. The lowest BCUT2D eigenvalue weighted by molar-refractivity contribution is 1.07. The van der Waals surface area contributed by atoms with Gasteiger partial charge in [0, 0.05) is 49.6 Å². The number of rotatable bonds is 5. The van der Waals surface area contributed by atoms with Crippen LogP contribution in [0.3, 0.4) is 0 Å². The average Bonchev–Trinajstić information content (AvgIpc) is 3.74. The SMILES string of the molecule is [2H]c1c([2H])c(-n2c3ccccc3c3ccc4c(c5ccccc5n4-c4ccccc4)c32)c([2H])c([2H])c1-c1nc(-c2ccccc2)nc(-c2ccccc2)n1. The summed E-state index contributed by atoms with van der Waals surface area (Å²) in [5, 5.41) is 3.88. The summed E-state index contributed by atoms with van der Waals surface area (Å²) in [6, 6.07) is 48.8. The summed E-state index contributed by atoms with van der Waals surface area (Å²) in [5.74, 6) is 0.821. The summed E-state index contributed by atoms with van der Waals surface area (Å²) in [7, 11) is 0. The maximum Gasteiger partial charge on any atom is 0.164 e. The highest BCUT2D eigenvalue weighted by Gasteiger charge is 2.21. The zero-order chi connectivity index (χ0) is 36.5. The predicted octanol–water partition coefficient (Wildman–Crippen LogP) is 11.1. The van der Waals surface area contributed by atoms with Crippen molar-refractivity contribution in [2.24, 2.45) is 0 Å². The van der Waals surface area contributed by atoms with Crippen LogP contribution in [0.5, 0.6) is 0 Å². The predicted molar refractivity (Wildman–Crippen MR) is 205 cm³/mol. The van der Waals surface area contributed by atoms with Gasteiger partial charge in [-0.05, 0) is 54.5 Å². The molecule has 5 nitrogen and oxygen atoms in total. The maximum atomic E-state index is 9.61. The summed E-state index contributed by atoms with van der Waals surface area (Å²) in [6.07, 6.45) is 0. The van der Waals surface area contributed by atoms with Crippen molar-refractivity contribution in [1.29, 1.82) is 0 Å². The standard InChI is InChI=1S/C45H29N5/c1-4-14-30(15-5-1)43-46-44(31-16-6-2-7-17-31)48-45(47-43)32-24-26-34(27-25-32)50-38-22-12-10-20-35(38)36-28-29-40-41(42(36)50)37-21-11-13-23-39(37)49(40)33-18-8-3-9-19-33/h1-29H/i24D,25D,26D,27D. The van der Waals surface area contributed by atoms with Gasteiger partial charge in [-0.15, -0.1) is 0 Å². The Labute approximate surface area is 294 Å². The molecule has 0 saturated heterocycles. The summed E-state index contributed by atoms with van der Waals surface area (Å²) >= 11 is 0. The fourth-order valence-electron chi connectivity index (χ4n) is 7.05. The van der Waals surface area contributed by atoms with E-state index >= 15 is 0 Å². The molecule has 0 fully saturated rings. The second-order valence-corrected chi connectivity index (χ2v) is 12.2. The second-order valence-electron chi connectivity index (χ2n) is 12.2. The van der Waals surface area contributed by atoms with Gasteiger partial charge in [0.05, 0.1) is 27.5 Å². The first-order valence-electron chi connectivity index (χ1n) is 18.5. The van der Waals surface area contributed by atoms with Gasteiger partial charge in [0.15, 0.2) is 17.5 Å². The Morgan fingerprint density at radius 3 is 1.48 bits per heavy atom. The van der Waals surface area contributed by atoms with Crippen molar-refractivity contribution in [2.45, 2.75) is 0 Å². The van der Waals surface area contributed by atoms with Crippen LogP contribution < -0.4 is 0 Å². The summed E-state index contributed by atoms with van der Waals surface area (Å²) < 4.78 is 42.3. The summed E-state index contributed by atoms with van der Waals surface area (Å²) in [6.45, 7) is 0. The van der Waals surface area contributed by atoms with Crippen LogP contribution in [0, 0.1) is 0 Å². The third kappa shape index (κ3) is 4.45. The quantitative estimate of drug-likeness (QED) is 0.187. The topological polar surface area (TPSA) is 48.5 Å². The van der Waals surface area contributed by atoms with Crippen molar-refractivity contribution in [3.63, 3.8) is 0 Å². The number of aromatic nitrogens is 5. The van der Waals surface area contributed by atoms with E-state index in [1.54, 1.807) is 0 Å². The minimum absolute atomic E-state index is 0.0112. The van der Waals surface area contributed by atoms with Crippen LogP contribution >= 0.6 is 0 Å². The van der Waals surface area contributed by atoms with E-state index < -0.39 is 0 Å². The third-order valence-corrected chi connectivity index (χ3v) is 9.24. The van der Waals surface area contributed by atoms with Gasteiger partial charge in [-0.3, -0.25) is 0 Å². The molecule has 0 radical (unpaired) electrons. The molecule has 0 saturated carbocycles. The van der Waals surface area contributed by atoms with Gasteiger partial charge in [-0.2, -0.15) is 0 Å². The van der Waals surface area contributed by atoms with Crippen molar-refractivity contribution in [1.82, 2.24) is 24.1 Å². The van der Waals surface area contributed by atoms with Gasteiger partial charge in [0.1, 0.15) is 0 Å². The first-order chi connectivity index (χ1) is 26.5. The zero-order valence-corrected chi connectivity index (χ0v) is 26.7. The van der Waals surface area contributed by atoms with Crippen molar-refractivity contribution < 1.29 is 5.48 Å². The van der Waals surface area contributed by atoms with Crippen LogP contribution in [0.4, 0.5) is 0 Å². The second kappa shape index (κ2) is 11.4. The first kappa shape index (κ1) is 24.3. The van der Waals surface area contributed by atoms with Gasteiger partial charge in [0.25, 0.3) is 0 Å².